The van der Waals surface area contributed by atoms with Crippen molar-refractivity contribution in [3.63, 3.8) is 0 Å². The standard InChI is InChI=1S/C15H12BrFN2O/c1-20-15-5-2-10(8-18)6-11(15)9-19-14-4-3-12(16)7-13(14)17/h2-7,19H,9H2,1H3. The van der Waals surface area contributed by atoms with Crippen molar-refractivity contribution >= 4 is 21.6 Å². The van der Waals surface area contributed by atoms with E-state index >= 15 is 0 Å². The molecule has 3 nitrogen and oxygen atoms in total. The van der Waals surface area contributed by atoms with Crippen LogP contribution in [0.3, 0.4) is 0 Å². The number of nitrogens with zero attached hydrogens (tertiary/aromatic N) is 1. The molecule has 102 valence electrons. The van der Waals surface area contributed by atoms with Gasteiger partial charge in [-0.2, -0.15) is 5.26 Å². The Kier molecular flexibility index (Phi) is 4.59. The van der Waals surface area contributed by atoms with Crippen molar-refractivity contribution in [1.82, 2.24) is 0 Å². The zero-order chi connectivity index (χ0) is 14.5. The first-order valence-corrected chi connectivity index (χ1v) is 6.69. The van der Waals surface area contributed by atoms with Crippen LogP contribution in [0, 0.1) is 17.1 Å². The van der Waals surface area contributed by atoms with E-state index in [1.54, 1.807) is 37.4 Å². The predicted octanol–water partition coefficient (Wildman–Crippen LogP) is 4.08. The van der Waals surface area contributed by atoms with Crippen LogP contribution in [-0.2, 0) is 6.54 Å². The lowest BCUT2D eigenvalue weighted by atomic mass is 10.1. The van der Waals surface area contributed by atoms with Crippen LogP contribution in [0.1, 0.15) is 11.1 Å². The molecule has 0 aromatic heterocycles. The van der Waals surface area contributed by atoms with Crippen molar-refractivity contribution in [2.24, 2.45) is 0 Å². The van der Waals surface area contributed by atoms with E-state index in [1.165, 1.54) is 6.07 Å². The average Bonchev–Trinajstić information content (AvgIpc) is 2.46. The van der Waals surface area contributed by atoms with Crippen LogP contribution in [0.5, 0.6) is 5.75 Å². The molecular formula is C15H12BrFN2O. The molecule has 0 bridgehead atoms. The van der Waals surface area contributed by atoms with Crippen molar-refractivity contribution in [2.75, 3.05) is 12.4 Å². The molecule has 0 unspecified atom stereocenters. The molecule has 1 N–H and O–H groups in total. The van der Waals surface area contributed by atoms with Crippen LogP contribution in [0.4, 0.5) is 10.1 Å². The molecule has 2 aromatic rings. The van der Waals surface area contributed by atoms with Gasteiger partial charge in [0.1, 0.15) is 11.6 Å². The second kappa shape index (κ2) is 6.40. The lowest BCUT2D eigenvalue weighted by Crippen LogP contribution is -2.03. The molecule has 0 radical (unpaired) electrons. The zero-order valence-corrected chi connectivity index (χ0v) is 12.4. The SMILES string of the molecule is COc1ccc(C#N)cc1CNc1ccc(Br)cc1F. The number of halogens is 2. The smallest absolute Gasteiger partial charge is 0.147 e. The molecule has 5 heteroatoms. The second-order valence-corrected chi connectivity index (χ2v) is 5.03. The molecule has 0 spiro atoms. The second-order valence-electron chi connectivity index (χ2n) is 4.12. The summed E-state index contributed by atoms with van der Waals surface area (Å²) in [5.74, 6) is 0.323. The highest BCUT2D eigenvalue weighted by Crippen LogP contribution is 2.23. The third-order valence-electron chi connectivity index (χ3n) is 2.81. The van der Waals surface area contributed by atoms with Gasteiger partial charge < -0.3 is 10.1 Å². The fraction of sp³-hybridized carbons (Fsp3) is 0.133. The number of anilines is 1. The van der Waals surface area contributed by atoms with Crippen LogP contribution < -0.4 is 10.1 Å². The molecular weight excluding hydrogens is 323 g/mol. The largest absolute Gasteiger partial charge is 0.496 e. The summed E-state index contributed by atoms with van der Waals surface area (Å²) in [5.41, 5.74) is 1.74. The molecule has 0 atom stereocenters. The van der Waals surface area contributed by atoms with Gasteiger partial charge in [-0.3, -0.25) is 0 Å². The fourth-order valence-corrected chi connectivity index (χ4v) is 2.14. The van der Waals surface area contributed by atoms with E-state index in [9.17, 15) is 4.39 Å². The molecule has 2 aromatic carbocycles. The summed E-state index contributed by atoms with van der Waals surface area (Å²) in [5, 5.41) is 11.9. The van der Waals surface area contributed by atoms with E-state index in [1.807, 2.05) is 0 Å². The van der Waals surface area contributed by atoms with Gasteiger partial charge in [-0.25, -0.2) is 4.39 Å². The fourth-order valence-electron chi connectivity index (χ4n) is 1.81. The molecule has 20 heavy (non-hydrogen) atoms. The number of hydrogen-bond donors (Lipinski definition) is 1. The molecule has 0 aliphatic rings. The number of nitrogens with one attached hydrogen (secondary N) is 1. The quantitative estimate of drug-likeness (QED) is 0.916. The highest BCUT2D eigenvalue weighted by Gasteiger charge is 2.07. The number of benzene rings is 2. The highest BCUT2D eigenvalue weighted by atomic mass is 79.9. The summed E-state index contributed by atoms with van der Waals surface area (Å²) in [4.78, 5) is 0. The Morgan fingerprint density at radius 1 is 1.30 bits per heavy atom. The average molecular weight is 335 g/mol. The molecule has 0 heterocycles. The lowest BCUT2D eigenvalue weighted by molar-refractivity contribution is 0.410. The van der Waals surface area contributed by atoms with E-state index in [4.69, 9.17) is 10.00 Å². The molecule has 0 amide bonds. The van der Waals surface area contributed by atoms with Crippen molar-refractivity contribution in [3.05, 3.63) is 57.8 Å². The summed E-state index contributed by atoms with van der Waals surface area (Å²) in [7, 11) is 1.56. The Morgan fingerprint density at radius 2 is 2.10 bits per heavy atom. The summed E-state index contributed by atoms with van der Waals surface area (Å²) < 4.78 is 19.6. The minimum absolute atomic E-state index is 0.338. The van der Waals surface area contributed by atoms with Crippen LogP contribution in [0.25, 0.3) is 0 Å². The maximum Gasteiger partial charge on any atom is 0.147 e. The summed E-state index contributed by atoms with van der Waals surface area (Å²) in [6, 6.07) is 12.0. The molecule has 0 aliphatic heterocycles. The van der Waals surface area contributed by atoms with Gasteiger partial charge in [-0.15, -0.1) is 0 Å². The first kappa shape index (κ1) is 14.4. The van der Waals surface area contributed by atoms with Crippen LogP contribution in [0.2, 0.25) is 0 Å². The maximum absolute atomic E-state index is 13.7. The van der Waals surface area contributed by atoms with Gasteiger partial charge in [0.2, 0.25) is 0 Å². The van der Waals surface area contributed by atoms with E-state index in [-0.39, 0.29) is 5.82 Å². The summed E-state index contributed by atoms with van der Waals surface area (Å²) >= 11 is 3.21. The van der Waals surface area contributed by atoms with Crippen molar-refractivity contribution < 1.29 is 9.13 Å². The molecule has 2 rings (SSSR count). The van der Waals surface area contributed by atoms with E-state index in [2.05, 4.69) is 27.3 Å². The van der Waals surface area contributed by atoms with E-state index in [0.717, 1.165) is 5.56 Å². The summed E-state index contributed by atoms with van der Waals surface area (Å²) in [6.07, 6.45) is 0. The molecule has 0 saturated heterocycles. The highest BCUT2D eigenvalue weighted by molar-refractivity contribution is 9.10. The van der Waals surface area contributed by atoms with Gasteiger partial charge in [0.25, 0.3) is 0 Å². The van der Waals surface area contributed by atoms with Gasteiger partial charge in [-0.05, 0) is 36.4 Å². The first-order valence-electron chi connectivity index (χ1n) is 5.90. The number of ether oxygens (including phenoxy) is 1. The molecule has 0 fully saturated rings. The van der Waals surface area contributed by atoms with Gasteiger partial charge >= 0.3 is 0 Å². The number of methoxy groups -OCH3 is 1. The van der Waals surface area contributed by atoms with Gasteiger partial charge in [0, 0.05) is 16.6 Å². The predicted molar refractivity (Wildman–Crippen MR) is 79.1 cm³/mol. The minimum atomic E-state index is -0.338. The van der Waals surface area contributed by atoms with E-state index in [0.29, 0.717) is 28.0 Å². The Hall–Kier alpha value is -2.06. The zero-order valence-electron chi connectivity index (χ0n) is 10.8. The van der Waals surface area contributed by atoms with Gasteiger partial charge in [-0.1, -0.05) is 15.9 Å². The van der Waals surface area contributed by atoms with Crippen LogP contribution >= 0.6 is 15.9 Å². The van der Waals surface area contributed by atoms with Crippen molar-refractivity contribution in [2.45, 2.75) is 6.54 Å². The van der Waals surface area contributed by atoms with Crippen LogP contribution in [-0.4, -0.2) is 7.11 Å². The third-order valence-corrected chi connectivity index (χ3v) is 3.30. The maximum atomic E-state index is 13.7. The van der Waals surface area contributed by atoms with E-state index < -0.39 is 0 Å². The number of rotatable bonds is 4. The molecule has 0 aliphatic carbocycles. The van der Waals surface area contributed by atoms with Gasteiger partial charge in [0.15, 0.2) is 0 Å². The Balaban J connectivity index is 2.20. The third kappa shape index (κ3) is 3.28. The van der Waals surface area contributed by atoms with Crippen LogP contribution in [0.15, 0.2) is 40.9 Å². The Morgan fingerprint density at radius 3 is 2.75 bits per heavy atom. The Labute approximate surface area is 125 Å². The lowest BCUT2D eigenvalue weighted by Gasteiger charge is -2.11. The number of nitriles is 1. The summed E-state index contributed by atoms with van der Waals surface area (Å²) in [6.45, 7) is 0.372. The van der Waals surface area contributed by atoms with Crippen molar-refractivity contribution in [1.29, 1.82) is 5.26 Å². The first-order chi connectivity index (χ1) is 9.63. The minimum Gasteiger partial charge on any atom is -0.496 e. The Bertz CT molecular complexity index is 667. The number of hydrogen-bond acceptors (Lipinski definition) is 3. The normalized spacial score (nSPS) is 9.90. The molecule has 0 saturated carbocycles. The monoisotopic (exact) mass is 334 g/mol. The van der Waals surface area contributed by atoms with Crippen molar-refractivity contribution in [3.8, 4) is 11.8 Å². The topological polar surface area (TPSA) is 45.0 Å². The van der Waals surface area contributed by atoms with Gasteiger partial charge in [0.05, 0.1) is 24.4 Å².